The number of carbonyl (C=O) groups excluding carboxylic acids is 4. The number of aliphatic hydroxyl groups is 1. The van der Waals surface area contributed by atoms with Crippen LogP contribution in [0.3, 0.4) is 0 Å². The third-order valence-electron chi connectivity index (χ3n) is 17.0. The first-order valence-corrected chi connectivity index (χ1v) is 44.7. The van der Waals surface area contributed by atoms with E-state index in [1.54, 1.807) is 0 Å². The summed E-state index contributed by atoms with van der Waals surface area (Å²) in [7, 11) is -10.0. The minimum absolute atomic E-state index is 0.0473. The molecule has 616 valence electrons. The van der Waals surface area contributed by atoms with Crippen LogP contribution in [0.5, 0.6) is 0 Å². The van der Waals surface area contributed by atoms with Crippen molar-refractivity contribution in [1.29, 1.82) is 0 Å². The van der Waals surface area contributed by atoms with E-state index in [2.05, 4.69) is 186 Å². The van der Waals surface area contributed by atoms with Gasteiger partial charge in [0.05, 0.1) is 26.4 Å². The predicted molar refractivity (Wildman–Crippen MR) is 445 cm³/mol. The number of hydrogen-bond donors (Lipinski definition) is 3. The normalized spacial score (nSPS) is 14.6. The smallest absolute Gasteiger partial charge is 0.462 e. The lowest BCUT2D eigenvalue weighted by Crippen LogP contribution is -2.30. The molecule has 0 saturated heterocycles. The van der Waals surface area contributed by atoms with Crippen LogP contribution < -0.4 is 0 Å². The molecule has 108 heavy (non-hydrogen) atoms. The fourth-order valence-electron chi connectivity index (χ4n) is 10.7. The molecule has 2 unspecified atom stereocenters. The lowest BCUT2D eigenvalue weighted by molar-refractivity contribution is -0.161. The average Bonchev–Trinajstić information content (AvgIpc) is 0.914. The molecule has 19 heteroatoms. The van der Waals surface area contributed by atoms with Crippen molar-refractivity contribution in [3.05, 3.63) is 158 Å². The third-order valence-corrected chi connectivity index (χ3v) is 18.9. The van der Waals surface area contributed by atoms with E-state index in [0.29, 0.717) is 25.7 Å². The van der Waals surface area contributed by atoms with Gasteiger partial charge in [0.2, 0.25) is 0 Å². The molecule has 0 aromatic rings. The average molecular weight is 1550 g/mol. The van der Waals surface area contributed by atoms with Gasteiger partial charge in [-0.2, -0.15) is 0 Å². The molecule has 0 rings (SSSR count). The highest BCUT2D eigenvalue weighted by Gasteiger charge is 2.30. The molecule has 0 heterocycles. The standard InChI is InChI=1S/C89H148O17P2/c1-5-9-13-17-21-25-29-33-37-39-41-43-47-50-54-58-62-66-70-74-87(92)100-80-84(105-88(93)75-71-67-63-59-55-51-46-36-32-28-24-20-16-12-8-4)81-103-107(95,96)101-77-83(90)78-102-108(97,98)104-82-85(79-99-86(91)73-69-65-61-57-53-49-45-35-31-27-23-19-15-11-7-3)106-89(94)76-72-68-64-60-56-52-48-44-42-40-38-34-30-26-22-18-14-10-6-2/h9-10,13-14,21-23,25-27,33-38,41-46,50,52,54,56,83-85,90H,5-8,11-12,15-20,24,28-32,39-40,47-49,51,53,55,57-82H2,1-4H3,(H,95,96)(H,97,98)/b13-9-,14-10-,25-21-,26-22-,27-23-,37-33-,38-34-,43-41-,44-42-,45-35-,46-36-,54-50-,56-52-/t83-,84-,85-/m1/s1. The quantitative estimate of drug-likeness (QED) is 0.0169. The van der Waals surface area contributed by atoms with Crippen molar-refractivity contribution in [3.8, 4) is 0 Å². The summed E-state index contributed by atoms with van der Waals surface area (Å²) in [6, 6.07) is 0. The number of rotatable bonds is 77. The number of allylic oxidation sites excluding steroid dienone is 26. The summed E-state index contributed by atoms with van der Waals surface area (Å²) >= 11 is 0. The molecule has 0 aromatic carbocycles. The van der Waals surface area contributed by atoms with Gasteiger partial charge in [0.25, 0.3) is 0 Å². The monoisotopic (exact) mass is 1550 g/mol. The molecule has 0 amide bonds. The van der Waals surface area contributed by atoms with E-state index in [1.807, 2.05) is 0 Å². The Morgan fingerprint density at radius 1 is 0.269 bits per heavy atom. The largest absolute Gasteiger partial charge is 0.472 e. The fraction of sp³-hybridized carbons (Fsp3) is 0.663. The van der Waals surface area contributed by atoms with Gasteiger partial charge in [0.15, 0.2) is 12.2 Å². The van der Waals surface area contributed by atoms with Crippen LogP contribution in [0.15, 0.2) is 158 Å². The summed E-state index contributed by atoms with van der Waals surface area (Å²) in [6.07, 6.45) is 93.5. The second kappa shape index (κ2) is 79.8. The number of esters is 4. The van der Waals surface area contributed by atoms with Crippen LogP contribution in [-0.2, 0) is 65.4 Å². The van der Waals surface area contributed by atoms with Crippen LogP contribution in [0.25, 0.3) is 0 Å². The maximum Gasteiger partial charge on any atom is 0.472 e. The van der Waals surface area contributed by atoms with Gasteiger partial charge in [-0.15, -0.1) is 0 Å². The topological polar surface area (TPSA) is 237 Å². The van der Waals surface area contributed by atoms with Crippen molar-refractivity contribution >= 4 is 39.5 Å². The summed E-state index contributed by atoms with van der Waals surface area (Å²) in [6.45, 7) is 4.53. The maximum absolute atomic E-state index is 13.1. The first-order chi connectivity index (χ1) is 52.7. The molecule has 0 aliphatic rings. The predicted octanol–water partition coefficient (Wildman–Crippen LogP) is 24.8. The van der Waals surface area contributed by atoms with Crippen molar-refractivity contribution in [2.45, 2.75) is 341 Å². The number of hydrogen-bond acceptors (Lipinski definition) is 15. The molecule has 0 fully saturated rings. The Morgan fingerprint density at radius 3 is 0.778 bits per heavy atom. The second-order valence-electron chi connectivity index (χ2n) is 27.3. The van der Waals surface area contributed by atoms with Crippen LogP contribution in [0, 0.1) is 0 Å². The highest BCUT2D eigenvalue weighted by molar-refractivity contribution is 7.47. The third kappa shape index (κ3) is 78.8. The van der Waals surface area contributed by atoms with Crippen LogP contribution in [0.2, 0.25) is 0 Å². The van der Waals surface area contributed by atoms with Gasteiger partial charge in [0.1, 0.15) is 19.3 Å². The van der Waals surface area contributed by atoms with E-state index in [-0.39, 0.29) is 25.7 Å². The summed E-state index contributed by atoms with van der Waals surface area (Å²) in [4.78, 5) is 73.2. The van der Waals surface area contributed by atoms with Gasteiger partial charge < -0.3 is 33.8 Å². The Morgan fingerprint density at radius 2 is 0.481 bits per heavy atom. The molecule has 0 aromatic heterocycles. The number of ether oxygens (including phenoxy) is 4. The molecule has 0 aliphatic carbocycles. The lowest BCUT2D eigenvalue weighted by Gasteiger charge is -2.21. The molecule has 0 aliphatic heterocycles. The van der Waals surface area contributed by atoms with Gasteiger partial charge in [-0.3, -0.25) is 37.3 Å². The maximum atomic E-state index is 13.1. The first-order valence-electron chi connectivity index (χ1n) is 41.7. The van der Waals surface area contributed by atoms with E-state index in [0.717, 1.165) is 186 Å². The van der Waals surface area contributed by atoms with Crippen molar-refractivity contribution in [1.82, 2.24) is 0 Å². The van der Waals surface area contributed by atoms with Crippen LogP contribution in [0.4, 0.5) is 0 Å². The first kappa shape index (κ1) is 103. The highest BCUT2D eigenvalue weighted by atomic mass is 31.2. The van der Waals surface area contributed by atoms with E-state index in [4.69, 9.17) is 37.0 Å². The van der Waals surface area contributed by atoms with E-state index in [1.165, 1.54) is 57.8 Å². The molecule has 17 nitrogen and oxygen atoms in total. The molecule has 0 spiro atoms. The molecule has 5 atom stereocenters. The van der Waals surface area contributed by atoms with Crippen molar-refractivity contribution in [3.63, 3.8) is 0 Å². The zero-order chi connectivity index (χ0) is 78.9. The highest BCUT2D eigenvalue weighted by Crippen LogP contribution is 2.45. The minimum atomic E-state index is -5.00. The Labute approximate surface area is 655 Å². The van der Waals surface area contributed by atoms with Gasteiger partial charge in [-0.05, 0) is 173 Å². The summed E-state index contributed by atoms with van der Waals surface area (Å²) < 4.78 is 68.7. The second-order valence-corrected chi connectivity index (χ2v) is 30.2. The van der Waals surface area contributed by atoms with Gasteiger partial charge in [0, 0.05) is 25.7 Å². The Balaban J connectivity index is 5.46. The zero-order valence-electron chi connectivity index (χ0n) is 67.5. The van der Waals surface area contributed by atoms with Gasteiger partial charge in [-0.1, -0.05) is 282 Å². The molecule has 0 bridgehead atoms. The minimum Gasteiger partial charge on any atom is -0.462 e. The zero-order valence-corrected chi connectivity index (χ0v) is 69.3. The van der Waals surface area contributed by atoms with Gasteiger partial charge in [-0.25, -0.2) is 9.13 Å². The molecular formula is C89H148O17P2. The molecule has 0 radical (unpaired) electrons. The van der Waals surface area contributed by atoms with Crippen molar-refractivity contribution < 1.29 is 80.2 Å². The van der Waals surface area contributed by atoms with Crippen molar-refractivity contribution in [2.24, 2.45) is 0 Å². The number of aliphatic hydroxyl groups excluding tert-OH is 1. The molecule has 3 N–H and O–H groups in total. The Hall–Kier alpha value is -5.32. The van der Waals surface area contributed by atoms with Gasteiger partial charge >= 0.3 is 39.5 Å². The summed E-state index contributed by atoms with van der Waals surface area (Å²) in [5.41, 5.74) is 0. The van der Waals surface area contributed by atoms with Crippen LogP contribution in [-0.4, -0.2) is 96.7 Å². The van der Waals surface area contributed by atoms with E-state index in [9.17, 15) is 43.2 Å². The fourth-order valence-corrected chi connectivity index (χ4v) is 12.2. The lowest BCUT2D eigenvalue weighted by atomic mass is 10.1. The van der Waals surface area contributed by atoms with Crippen LogP contribution in [0.1, 0.15) is 323 Å². The SMILES string of the molecule is CC/C=C\C/C=C\C/C=C\C/C=C\C/C=C\CCCCCC(=O)OC[C@H](COP(=O)(O)OC[C@@H](O)COP(=O)(O)OC[C@@H](COC(=O)CCCCCCC/C=C\C/C=C\CCCCC)OC(=O)CCCCC/C=C\C/C=C\C/C=C\C/C=C\C/C=C\CC)OC(=O)CCCCCCC/C=C\CCCCCCCC. The van der Waals surface area contributed by atoms with Crippen LogP contribution >= 0.6 is 15.6 Å². The Kier molecular flexibility index (Phi) is 75.8. The number of carbonyl (C=O) groups is 4. The molecular weight excluding hydrogens is 1400 g/mol. The molecule has 0 saturated carbocycles. The van der Waals surface area contributed by atoms with E-state index >= 15 is 0 Å². The van der Waals surface area contributed by atoms with Crippen molar-refractivity contribution in [2.75, 3.05) is 39.6 Å². The van der Waals surface area contributed by atoms with E-state index < -0.39 is 97.5 Å². The summed E-state index contributed by atoms with van der Waals surface area (Å²) in [5, 5.41) is 10.7. The summed E-state index contributed by atoms with van der Waals surface area (Å²) in [5.74, 6) is -2.28. The Bertz CT molecular complexity index is 2660. The number of phosphoric acid groups is 2. The number of unbranched alkanes of at least 4 members (excludes halogenated alkanes) is 25. The number of phosphoric ester groups is 2.